The van der Waals surface area contributed by atoms with Crippen molar-refractivity contribution in [2.24, 2.45) is 10.9 Å². The molecule has 6 nitrogen and oxygen atoms in total. The SMILES string of the molecule is CCNC(=NCC(c1cccs1)N1CCCC1)N1CCC(CC(=O)NC)CC1. The average Bonchev–Trinajstić information content (AvgIpc) is 3.43. The lowest BCUT2D eigenvalue weighted by molar-refractivity contribution is -0.121. The van der Waals surface area contributed by atoms with E-state index >= 15 is 0 Å². The quantitative estimate of drug-likeness (QED) is 0.541. The molecule has 1 aromatic heterocycles. The molecule has 2 saturated heterocycles. The number of hydrogen-bond donors (Lipinski definition) is 2. The summed E-state index contributed by atoms with van der Waals surface area (Å²) < 4.78 is 0. The zero-order valence-corrected chi connectivity index (χ0v) is 18.1. The van der Waals surface area contributed by atoms with Gasteiger partial charge in [-0.25, -0.2) is 0 Å². The van der Waals surface area contributed by atoms with Crippen LogP contribution in [0, 0.1) is 5.92 Å². The summed E-state index contributed by atoms with van der Waals surface area (Å²) >= 11 is 1.84. The van der Waals surface area contributed by atoms with E-state index in [-0.39, 0.29) is 5.91 Å². The molecule has 7 heteroatoms. The molecule has 156 valence electrons. The number of nitrogens with zero attached hydrogens (tertiary/aromatic N) is 3. The van der Waals surface area contributed by atoms with Gasteiger partial charge in [0.2, 0.25) is 5.91 Å². The van der Waals surface area contributed by atoms with Crippen LogP contribution < -0.4 is 10.6 Å². The molecule has 2 aliphatic heterocycles. The number of guanidine groups is 1. The van der Waals surface area contributed by atoms with Crippen LogP contribution in [0.15, 0.2) is 22.5 Å². The monoisotopic (exact) mass is 405 g/mol. The number of aliphatic imine (C=N–C) groups is 1. The molecule has 0 aliphatic carbocycles. The van der Waals surface area contributed by atoms with Gasteiger partial charge in [0.15, 0.2) is 5.96 Å². The lowest BCUT2D eigenvalue weighted by atomic mass is 9.93. The molecule has 0 spiro atoms. The Kier molecular flexibility index (Phi) is 8.15. The lowest BCUT2D eigenvalue weighted by Crippen LogP contribution is -2.46. The minimum atomic E-state index is 0.156. The van der Waals surface area contributed by atoms with Crippen molar-refractivity contribution < 1.29 is 4.79 Å². The van der Waals surface area contributed by atoms with Gasteiger partial charge in [0, 0.05) is 38.0 Å². The first-order chi connectivity index (χ1) is 13.7. The first-order valence-corrected chi connectivity index (χ1v) is 11.6. The Labute approximate surface area is 173 Å². The summed E-state index contributed by atoms with van der Waals surface area (Å²) in [5, 5.41) is 8.41. The van der Waals surface area contributed by atoms with Gasteiger partial charge in [-0.15, -0.1) is 11.3 Å². The van der Waals surface area contributed by atoms with E-state index in [0.29, 0.717) is 18.4 Å². The van der Waals surface area contributed by atoms with Crippen molar-refractivity contribution in [2.75, 3.05) is 46.3 Å². The third-order valence-corrected chi connectivity index (χ3v) is 6.84. The van der Waals surface area contributed by atoms with Gasteiger partial charge >= 0.3 is 0 Å². The average molecular weight is 406 g/mol. The molecule has 1 atom stereocenters. The zero-order chi connectivity index (χ0) is 19.8. The summed E-state index contributed by atoms with van der Waals surface area (Å²) in [6.45, 7) is 8.12. The first-order valence-electron chi connectivity index (χ1n) is 10.7. The molecule has 1 amide bonds. The maximum atomic E-state index is 11.6. The fraction of sp³-hybridized carbons (Fsp3) is 0.714. The highest BCUT2D eigenvalue weighted by Gasteiger charge is 2.26. The van der Waals surface area contributed by atoms with Crippen LogP contribution in [0.2, 0.25) is 0 Å². The van der Waals surface area contributed by atoms with Gasteiger partial charge in [-0.2, -0.15) is 0 Å². The molecule has 0 bridgehead atoms. The standard InChI is InChI=1S/C21H35N5OS/c1-3-23-21(26-12-8-17(9-13-26)15-20(27)22-2)24-16-18(19-7-6-14-28-19)25-10-4-5-11-25/h6-7,14,17-18H,3-5,8-13,15-16H2,1-2H3,(H,22,27)(H,23,24). The Hall–Kier alpha value is -1.60. The summed E-state index contributed by atoms with van der Waals surface area (Å²) in [6, 6.07) is 4.79. The van der Waals surface area contributed by atoms with E-state index in [9.17, 15) is 4.79 Å². The van der Waals surface area contributed by atoms with Crippen LogP contribution in [0.4, 0.5) is 0 Å². The second-order valence-corrected chi connectivity index (χ2v) is 8.76. The van der Waals surface area contributed by atoms with E-state index in [1.54, 1.807) is 7.05 Å². The predicted octanol–water partition coefficient (Wildman–Crippen LogP) is 2.70. The number of hydrogen-bond acceptors (Lipinski definition) is 4. The van der Waals surface area contributed by atoms with Crippen molar-refractivity contribution in [3.05, 3.63) is 22.4 Å². The van der Waals surface area contributed by atoms with Crippen LogP contribution in [0.1, 0.15) is 49.9 Å². The number of amides is 1. The van der Waals surface area contributed by atoms with Crippen LogP contribution in [0.25, 0.3) is 0 Å². The molecule has 0 saturated carbocycles. The number of nitrogens with one attached hydrogen (secondary N) is 2. The summed E-state index contributed by atoms with van der Waals surface area (Å²) in [7, 11) is 1.72. The molecule has 2 N–H and O–H groups in total. The van der Waals surface area contributed by atoms with Crippen LogP contribution in [-0.4, -0.2) is 68.0 Å². The van der Waals surface area contributed by atoms with Gasteiger partial charge in [-0.1, -0.05) is 6.07 Å². The second kappa shape index (κ2) is 10.8. The van der Waals surface area contributed by atoms with E-state index in [1.807, 2.05) is 11.3 Å². The van der Waals surface area contributed by atoms with Crippen LogP contribution in [-0.2, 0) is 4.79 Å². The summed E-state index contributed by atoms with van der Waals surface area (Å²) in [5.41, 5.74) is 0. The molecular formula is C21H35N5OS. The molecule has 2 aliphatic rings. The van der Waals surface area contributed by atoms with E-state index in [1.165, 1.54) is 30.8 Å². The smallest absolute Gasteiger partial charge is 0.220 e. The summed E-state index contributed by atoms with van der Waals surface area (Å²) in [6.07, 6.45) is 5.35. The Morgan fingerprint density at radius 3 is 2.64 bits per heavy atom. The minimum Gasteiger partial charge on any atom is -0.359 e. The molecule has 3 heterocycles. The number of thiophene rings is 1. The Balaban J connectivity index is 1.62. The fourth-order valence-electron chi connectivity index (χ4n) is 4.23. The van der Waals surface area contributed by atoms with Gasteiger partial charge in [-0.3, -0.25) is 14.7 Å². The predicted molar refractivity (Wildman–Crippen MR) is 117 cm³/mol. The zero-order valence-electron chi connectivity index (χ0n) is 17.3. The molecule has 0 radical (unpaired) electrons. The molecule has 1 aromatic rings. The number of piperidine rings is 1. The van der Waals surface area contributed by atoms with E-state index < -0.39 is 0 Å². The highest BCUT2D eigenvalue weighted by molar-refractivity contribution is 7.10. The molecule has 0 aromatic carbocycles. The highest BCUT2D eigenvalue weighted by atomic mass is 32.1. The molecule has 3 rings (SSSR count). The van der Waals surface area contributed by atoms with E-state index in [0.717, 1.165) is 45.0 Å². The molecule has 28 heavy (non-hydrogen) atoms. The fourth-order valence-corrected chi connectivity index (χ4v) is 5.08. The van der Waals surface area contributed by atoms with Crippen molar-refractivity contribution in [1.82, 2.24) is 20.4 Å². The number of likely N-dealkylation sites (tertiary alicyclic amines) is 2. The maximum absolute atomic E-state index is 11.6. The van der Waals surface area contributed by atoms with Crippen molar-refractivity contribution in [2.45, 2.75) is 45.1 Å². The Bertz CT molecular complexity index is 619. The van der Waals surface area contributed by atoms with Crippen molar-refractivity contribution in [3.63, 3.8) is 0 Å². The van der Waals surface area contributed by atoms with Crippen molar-refractivity contribution >= 4 is 23.2 Å². The summed E-state index contributed by atoms with van der Waals surface area (Å²) in [5.74, 6) is 1.67. The largest absolute Gasteiger partial charge is 0.359 e. The van der Waals surface area contributed by atoms with Crippen LogP contribution in [0.5, 0.6) is 0 Å². The first kappa shape index (κ1) is 21.1. The summed E-state index contributed by atoms with van der Waals surface area (Å²) in [4.78, 5) is 23.1. The second-order valence-electron chi connectivity index (χ2n) is 7.78. The van der Waals surface area contributed by atoms with E-state index in [4.69, 9.17) is 4.99 Å². The van der Waals surface area contributed by atoms with Gasteiger partial charge in [0.25, 0.3) is 0 Å². The van der Waals surface area contributed by atoms with Crippen LogP contribution in [0.3, 0.4) is 0 Å². The number of rotatable bonds is 7. The molecule has 1 unspecified atom stereocenters. The van der Waals surface area contributed by atoms with Crippen LogP contribution >= 0.6 is 11.3 Å². The normalized spacial score (nSPS) is 20.4. The van der Waals surface area contributed by atoms with E-state index in [2.05, 4.69) is 44.9 Å². The van der Waals surface area contributed by atoms with Gasteiger partial charge in [-0.05, 0) is 63.1 Å². The minimum absolute atomic E-state index is 0.156. The van der Waals surface area contributed by atoms with Crippen molar-refractivity contribution in [3.8, 4) is 0 Å². The van der Waals surface area contributed by atoms with Crippen molar-refractivity contribution in [1.29, 1.82) is 0 Å². The molecular weight excluding hydrogens is 370 g/mol. The third kappa shape index (κ3) is 5.70. The van der Waals surface area contributed by atoms with Gasteiger partial charge in [0.05, 0.1) is 12.6 Å². The third-order valence-electron chi connectivity index (χ3n) is 5.87. The van der Waals surface area contributed by atoms with Gasteiger partial charge < -0.3 is 15.5 Å². The Morgan fingerprint density at radius 1 is 1.29 bits per heavy atom. The number of carbonyl (C=O) groups is 1. The number of carbonyl (C=O) groups excluding carboxylic acids is 1. The lowest BCUT2D eigenvalue weighted by Gasteiger charge is -2.34. The highest BCUT2D eigenvalue weighted by Crippen LogP contribution is 2.29. The maximum Gasteiger partial charge on any atom is 0.220 e. The topological polar surface area (TPSA) is 60.0 Å². The van der Waals surface area contributed by atoms with Gasteiger partial charge in [0.1, 0.15) is 0 Å². The molecule has 2 fully saturated rings. The Morgan fingerprint density at radius 2 is 2.04 bits per heavy atom.